The Morgan fingerprint density at radius 3 is 2.65 bits per heavy atom. The van der Waals surface area contributed by atoms with Crippen LogP contribution in [0.4, 0.5) is 5.69 Å². The molecule has 34 heavy (non-hydrogen) atoms. The Morgan fingerprint density at radius 1 is 0.941 bits per heavy atom. The molecule has 0 atom stereocenters. The van der Waals surface area contributed by atoms with Crippen LogP contribution in [0.1, 0.15) is 17.8 Å². The van der Waals surface area contributed by atoms with Crippen molar-refractivity contribution in [2.75, 3.05) is 43.4 Å². The fourth-order valence-electron chi connectivity index (χ4n) is 4.56. The van der Waals surface area contributed by atoms with E-state index in [1.165, 1.54) is 17.3 Å². The van der Waals surface area contributed by atoms with Crippen molar-refractivity contribution in [2.24, 2.45) is 0 Å². The van der Waals surface area contributed by atoms with E-state index in [1.54, 1.807) is 4.90 Å². The van der Waals surface area contributed by atoms with Gasteiger partial charge in [-0.3, -0.25) is 14.5 Å². The summed E-state index contributed by atoms with van der Waals surface area (Å²) in [6.45, 7) is 4.77. The fourth-order valence-corrected chi connectivity index (χ4v) is 5.49. The van der Waals surface area contributed by atoms with E-state index in [2.05, 4.69) is 38.7 Å². The first kappa shape index (κ1) is 22.7. The second-order valence-corrected chi connectivity index (χ2v) is 9.72. The van der Waals surface area contributed by atoms with Crippen molar-refractivity contribution < 1.29 is 9.59 Å². The van der Waals surface area contributed by atoms with E-state index < -0.39 is 0 Å². The van der Waals surface area contributed by atoms with Crippen molar-refractivity contribution in [3.05, 3.63) is 78.4 Å². The van der Waals surface area contributed by atoms with E-state index in [0.717, 1.165) is 49.0 Å². The lowest BCUT2D eigenvalue weighted by Gasteiger charge is -2.30. The molecule has 0 unspecified atom stereocenters. The minimum absolute atomic E-state index is 0.00116. The maximum absolute atomic E-state index is 13.1. The van der Waals surface area contributed by atoms with Gasteiger partial charge in [0, 0.05) is 50.0 Å². The first-order chi connectivity index (χ1) is 16.7. The minimum Gasteiger partial charge on any atom is -0.340 e. The number of para-hydroxylation sites is 1. The SMILES string of the molecule is O=C(CN1C(=O)CSc2ccccc21)N1CCCN(Cc2nccn2Cc2ccccc2)CC1. The van der Waals surface area contributed by atoms with E-state index in [-0.39, 0.29) is 18.4 Å². The third-order valence-electron chi connectivity index (χ3n) is 6.41. The van der Waals surface area contributed by atoms with Gasteiger partial charge in [-0.25, -0.2) is 4.98 Å². The molecular weight excluding hydrogens is 446 g/mol. The topological polar surface area (TPSA) is 61.7 Å². The van der Waals surface area contributed by atoms with E-state index in [1.807, 2.05) is 47.6 Å². The summed E-state index contributed by atoms with van der Waals surface area (Å²) in [7, 11) is 0. The molecule has 2 amide bonds. The van der Waals surface area contributed by atoms with Gasteiger partial charge in [-0.1, -0.05) is 42.5 Å². The van der Waals surface area contributed by atoms with Crippen LogP contribution in [0.2, 0.25) is 0 Å². The third-order valence-corrected chi connectivity index (χ3v) is 7.45. The normalized spacial score (nSPS) is 16.9. The van der Waals surface area contributed by atoms with Crippen LogP contribution in [-0.4, -0.2) is 69.6 Å². The van der Waals surface area contributed by atoms with Crippen molar-refractivity contribution in [1.82, 2.24) is 19.4 Å². The highest BCUT2D eigenvalue weighted by atomic mass is 32.2. The largest absolute Gasteiger partial charge is 0.340 e. The second-order valence-electron chi connectivity index (χ2n) is 8.70. The summed E-state index contributed by atoms with van der Waals surface area (Å²) in [6, 6.07) is 18.2. The lowest BCUT2D eigenvalue weighted by molar-refractivity contribution is -0.131. The maximum atomic E-state index is 13.1. The number of nitrogens with zero attached hydrogens (tertiary/aromatic N) is 5. The molecule has 0 saturated carbocycles. The summed E-state index contributed by atoms with van der Waals surface area (Å²) in [4.78, 5) is 37.3. The zero-order chi connectivity index (χ0) is 23.3. The molecule has 5 rings (SSSR count). The molecule has 1 saturated heterocycles. The highest BCUT2D eigenvalue weighted by Crippen LogP contribution is 2.34. The fraction of sp³-hybridized carbons (Fsp3) is 0.346. The second kappa shape index (κ2) is 10.4. The van der Waals surface area contributed by atoms with Crippen LogP contribution in [0.3, 0.4) is 0 Å². The first-order valence-electron chi connectivity index (χ1n) is 11.7. The summed E-state index contributed by atoms with van der Waals surface area (Å²) in [5.74, 6) is 1.44. The molecule has 3 aromatic rings. The molecule has 0 N–H and O–H groups in total. The molecule has 1 fully saturated rings. The van der Waals surface area contributed by atoms with Crippen LogP contribution in [-0.2, 0) is 22.7 Å². The quantitative estimate of drug-likeness (QED) is 0.548. The zero-order valence-corrected chi connectivity index (χ0v) is 20.0. The van der Waals surface area contributed by atoms with Gasteiger partial charge in [-0.2, -0.15) is 0 Å². The number of imidazole rings is 1. The molecule has 1 aromatic heterocycles. The number of fused-ring (bicyclic) bond motifs is 1. The minimum atomic E-state index is -0.00116. The van der Waals surface area contributed by atoms with E-state index in [4.69, 9.17) is 0 Å². The number of anilines is 1. The van der Waals surface area contributed by atoms with Crippen molar-refractivity contribution in [3.8, 4) is 0 Å². The van der Waals surface area contributed by atoms with Crippen molar-refractivity contribution in [3.63, 3.8) is 0 Å². The van der Waals surface area contributed by atoms with Crippen LogP contribution in [0, 0.1) is 0 Å². The van der Waals surface area contributed by atoms with E-state index in [9.17, 15) is 9.59 Å². The number of hydrogen-bond donors (Lipinski definition) is 0. The van der Waals surface area contributed by atoms with Gasteiger partial charge >= 0.3 is 0 Å². The van der Waals surface area contributed by atoms with Crippen molar-refractivity contribution >= 4 is 29.3 Å². The Kier molecular flexibility index (Phi) is 6.97. The Balaban J connectivity index is 1.19. The number of carbonyl (C=O) groups is 2. The average molecular weight is 476 g/mol. The number of benzene rings is 2. The number of carbonyl (C=O) groups excluding carboxylic acids is 2. The number of aromatic nitrogens is 2. The Labute approximate surface area is 204 Å². The van der Waals surface area contributed by atoms with Crippen molar-refractivity contribution in [1.29, 1.82) is 0 Å². The number of thioether (sulfide) groups is 1. The molecule has 2 aliphatic heterocycles. The molecule has 0 spiro atoms. The molecule has 2 aliphatic rings. The third kappa shape index (κ3) is 5.18. The lowest BCUT2D eigenvalue weighted by atomic mass is 10.2. The highest BCUT2D eigenvalue weighted by molar-refractivity contribution is 8.00. The summed E-state index contributed by atoms with van der Waals surface area (Å²) in [5, 5.41) is 0. The average Bonchev–Trinajstić information content (AvgIpc) is 3.15. The van der Waals surface area contributed by atoms with Gasteiger partial charge in [0.25, 0.3) is 0 Å². The van der Waals surface area contributed by atoms with Gasteiger partial charge < -0.3 is 14.4 Å². The van der Waals surface area contributed by atoms with E-state index in [0.29, 0.717) is 18.8 Å². The Bertz CT molecular complexity index is 1150. The predicted octanol–water partition coefficient (Wildman–Crippen LogP) is 3.10. The Morgan fingerprint density at radius 2 is 1.76 bits per heavy atom. The van der Waals surface area contributed by atoms with Crippen LogP contribution >= 0.6 is 11.8 Å². The van der Waals surface area contributed by atoms with Crippen LogP contribution < -0.4 is 4.90 Å². The summed E-state index contributed by atoms with van der Waals surface area (Å²) in [5.41, 5.74) is 2.10. The number of hydrogen-bond acceptors (Lipinski definition) is 5. The molecule has 0 bridgehead atoms. The standard InChI is InChI=1S/C26H29N5O2S/c32-25(19-31-22-9-4-5-10-23(22)34-20-26(31)33)29-13-6-12-28(15-16-29)18-24-27-11-14-30(24)17-21-7-2-1-3-8-21/h1-5,7-11,14H,6,12-13,15-20H2. The molecule has 3 heterocycles. The molecule has 7 nitrogen and oxygen atoms in total. The molecule has 8 heteroatoms. The zero-order valence-electron chi connectivity index (χ0n) is 19.2. The van der Waals surface area contributed by atoms with Gasteiger partial charge in [-0.05, 0) is 24.1 Å². The van der Waals surface area contributed by atoms with Crippen LogP contribution in [0.5, 0.6) is 0 Å². The summed E-state index contributed by atoms with van der Waals surface area (Å²) < 4.78 is 2.20. The molecule has 176 valence electrons. The predicted molar refractivity (Wildman–Crippen MR) is 134 cm³/mol. The van der Waals surface area contributed by atoms with Gasteiger partial charge in [0.15, 0.2) is 0 Å². The Hall–Kier alpha value is -3.10. The van der Waals surface area contributed by atoms with Gasteiger partial charge in [0.1, 0.15) is 12.4 Å². The monoisotopic (exact) mass is 475 g/mol. The smallest absolute Gasteiger partial charge is 0.242 e. The lowest BCUT2D eigenvalue weighted by Crippen LogP contribution is -2.46. The van der Waals surface area contributed by atoms with Gasteiger partial charge in [-0.15, -0.1) is 11.8 Å². The number of amides is 2. The summed E-state index contributed by atoms with van der Waals surface area (Å²) >= 11 is 1.54. The van der Waals surface area contributed by atoms with E-state index >= 15 is 0 Å². The van der Waals surface area contributed by atoms with Crippen molar-refractivity contribution in [2.45, 2.75) is 24.4 Å². The summed E-state index contributed by atoms with van der Waals surface area (Å²) in [6.07, 6.45) is 4.80. The van der Waals surface area contributed by atoms with Gasteiger partial charge in [0.05, 0.1) is 18.0 Å². The molecule has 0 radical (unpaired) electrons. The number of rotatable bonds is 6. The first-order valence-corrected chi connectivity index (χ1v) is 12.7. The highest BCUT2D eigenvalue weighted by Gasteiger charge is 2.28. The molecule has 0 aliphatic carbocycles. The molecular formula is C26H29N5O2S. The molecule has 2 aromatic carbocycles. The van der Waals surface area contributed by atoms with Crippen LogP contribution in [0.15, 0.2) is 71.9 Å². The maximum Gasteiger partial charge on any atom is 0.242 e. The van der Waals surface area contributed by atoms with Gasteiger partial charge in [0.2, 0.25) is 11.8 Å². The van der Waals surface area contributed by atoms with Crippen LogP contribution in [0.25, 0.3) is 0 Å².